The summed E-state index contributed by atoms with van der Waals surface area (Å²) in [4.78, 5) is 34.7. The Kier molecular flexibility index (Phi) is 7.64. The van der Waals surface area contributed by atoms with Crippen molar-refractivity contribution in [3.8, 4) is 0 Å². The van der Waals surface area contributed by atoms with Gasteiger partial charge in [0.25, 0.3) is 5.91 Å². The predicted octanol–water partition coefficient (Wildman–Crippen LogP) is 3.56. The Morgan fingerprint density at radius 3 is 2.37 bits per heavy atom. The van der Waals surface area contributed by atoms with Crippen LogP contribution >= 0.6 is 11.3 Å². The van der Waals surface area contributed by atoms with Gasteiger partial charge in [-0.05, 0) is 30.5 Å². The van der Waals surface area contributed by atoms with Gasteiger partial charge in [0.1, 0.15) is 0 Å². The van der Waals surface area contributed by atoms with Crippen LogP contribution in [-0.4, -0.2) is 53.4 Å². The SMILES string of the molecule is CC(C)(C)C(=O)Nc1cc(C(F)(F)F)cnc1CN1Cc2cc(C(=O)N3CCC(S(N)(=O)=O)CC3)sc2C1. The normalized spacial score (nSPS) is 17.5. The molecular formula is C24H30F3N5O4S2. The van der Waals surface area contributed by atoms with E-state index in [1.807, 2.05) is 11.0 Å². The highest BCUT2D eigenvalue weighted by Crippen LogP contribution is 2.35. The molecule has 208 valence electrons. The third-order valence-electron chi connectivity index (χ3n) is 6.66. The van der Waals surface area contributed by atoms with Gasteiger partial charge in [-0.15, -0.1) is 11.3 Å². The van der Waals surface area contributed by atoms with Crippen molar-refractivity contribution in [3.05, 3.63) is 44.9 Å². The van der Waals surface area contributed by atoms with Gasteiger partial charge in [0.2, 0.25) is 15.9 Å². The van der Waals surface area contributed by atoms with Gasteiger partial charge in [-0.2, -0.15) is 13.2 Å². The first-order valence-electron chi connectivity index (χ1n) is 12.0. The molecule has 1 saturated heterocycles. The summed E-state index contributed by atoms with van der Waals surface area (Å²) in [5.41, 5.74) is -0.458. The Labute approximate surface area is 223 Å². The first-order valence-corrected chi connectivity index (χ1v) is 14.5. The lowest BCUT2D eigenvalue weighted by Gasteiger charge is -2.30. The molecule has 0 atom stereocenters. The van der Waals surface area contributed by atoms with Crippen molar-refractivity contribution in [1.29, 1.82) is 0 Å². The molecule has 0 aliphatic carbocycles. The monoisotopic (exact) mass is 573 g/mol. The molecule has 3 N–H and O–H groups in total. The van der Waals surface area contributed by atoms with Crippen LogP contribution in [0, 0.1) is 5.41 Å². The van der Waals surface area contributed by atoms with Crippen LogP contribution in [0.5, 0.6) is 0 Å². The van der Waals surface area contributed by atoms with Gasteiger partial charge in [-0.3, -0.25) is 19.5 Å². The van der Waals surface area contributed by atoms with Crippen LogP contribution in [0.3, 0.4) is 0 Å². The number of aromatic nitrogens is 1. The molecule has 4 heterocycles. The Hall–Kier alpha value is -2.55. The van der Waals surface area contributed by atoms with Gasteiger partial charge in [0.15, 0.2) is 0 Å². The number of anilines is 1. The number of piperidine rings is 1. The molecule has 2 amide bonds. The maximum atomic E-state index is 13.3. The number of likely N-dealkylation sites (tertiary alicyclic amines) is 1. The van der Waals surface area contributed by atoms with E-state index < -0.39 is 38.3 Å². The van der Waals surface area contributed by atoms with Gasteiger partial charge in [-0.25, -0.2) is 13.6 Å². The number of hydrogen-bond donors (Lipinski definition) is 2. The molecule has 4 rings (SSSR count). The van der Waals surface area contributed by atoms with E-state index in [-0.39, 0.29) is 18.1 Å². The Balaban J connectivity index is 1.44. The molecule has 0 aromatic carbocycles. The highest BCUT2D eigenvalue weighted by atomic mass is 32.2. The zero-order valence-electron chi connectivity index (χ0n) is 21.3. The van der Waals surface area contributed by atoms with Gasteiger partial charge >= 0.3 is 6.18 Å². The van der Waals surface area contributed by atoms with Crippen molar-refractivity contribution >= 4 is 38.9 Å². The number of sulfonamides is 1. The summed E-state index contributed by atoms with van der Waals surface area (Å²) in [7, 11) is -3.62. The standard InChI is InChI=1S/C24H30F3N5O4S2/c1-23(2,3)22(34)30-17-9-15(24(25,26)27)10-29-18(17)12-31-11-14-8-19(37-20(14)13-31)21(33)32-6-4-16(5-7-32)38(28,35)36/h8-10,16H,4-7,11-13H2,1-3H3,(H,30,34)(H2,28,35,36). The summed E-state index contributed by atoms with van der Waals surface area (Å²) < 4.78 is 63.0. The number of rotatable bonds is 5. The number of halogens is 3. The van der Waals surface area contributed by atoms with Crippen LogP contribution in [0.15, 0.2) is 18.3 Å². The summed E-state index contributed by atoms with van der Waals surface area (Å²) in [5, 5.41) is 7.20. The van der Waals surface area contributed by atoms with Crippen LogP contribution in [0.4, 0.5) is 18.9 Å². The summed E-state index contributed by atoms with van der Waals surface area (Å²) in [5.74, 6) is -0.572. The lowest BCUT2D eigenvalue weighted by Crippen LogP contribution is -2.44. The number of hydrogen-bond acceptors (Lipinski definition) is 7. The van der Waals surface area contributed by atoms with E-state index in [0.29, 0.717) is 49.6 Å². The number of nitrogens with zero attached hydrogens (tertiary/aromatic N) is 3. The van der Waals surface area contributed by atoms with E-state index in [1.54, 1.807) is 25.7 Å². The summed E-state index contributed by atoms with van der Waals surface area (Å²) in [6.45, 7) is 6.81. The van der Waals surface area contributed by atoms with Crippen molar-refractivity contribution in [3.63, 3.8) is 0 Å². The van der Waals surface area contributed by atoms with Crippen molar-refractivity contribution in [2.75, 3.05) is 18.4 Å². The average molecular weight is 574 g/mol. The number of fused-ring (bicyclic) bond motifs is 1. The number of carbonyl (C=O) groups is 2. The molecule has 2 aromatic rings. The zero-order chi connectivity index (χ0) is 28.0. The van der Waals surface area contributed by atoms with E-state index >= 15 is 0 Å². The molecule has 0 radical (unpaired) electrons. The van der Waals surface area contributed by atoms with E-state index in [4.69, 9.17) is 5.14 Å². The maximum Gasteiger partial charge on any atom is 0.417 e. The molecule has 38 heavy (non-hydrogen) atoms. The number of alkyl halides is 3. The third-order valence-corrected chi connectivity index (χ3v) is 9.21. The fourth-order valence-electron chi connectivity index (χ4n) is 4.40. The lowest BCUT2D eigenvalue weighted by atomic mass is 9.95. The second-order valence-electron chi connectivity index (χ2n) is 10.7. The van der Waals surface area contributed by atoms with Gasteiger partial charge < -0.3 is 10.2 Å². The van der Waals surface area contributed by atoms with Crippen LogP contribution < -0.4 is 10.5 Å². The van der Waals surface area contributed by atoms with E-state index in [1.165, 1.54) is 11.3 Å². The number of pyridine rings is 1. The van der Waals surface area contributed by atoms with E-state index in [9.17, 15) is 31.2 Å². The largest absolute Gasteiger partial charge is 0.417 e. The fraction of sp³-hybridized carbons (Fsp3) is 0.542. The molecule has 2 aromatic heterocycles. The molecule has 9 nitrogen and oxygen atoms in total. The van der Waals surface area contributed by atoms with Gasteiger partial charge in [-0.1, -0.05) is 20.8 Å². The topological polar surface area (TPSA) is 126 Å². The molecule has 2 aliphatic heterocycles. The van der Waals surface area contributed by atoms with E-state index in [0.717, 1.165) is 22.7 Å². The molecule has 0 unspecified atom stereocenters. The smallest absolute Gasteiger partial charge is 0.338 e. The number of nitrogens with two attached hydrogens (primary N) is 1. The fourth-order valence-corrected chi connectivity index (χ4v) is 6.45. The minimum atomic E-state index is -4.60. The molecule has 0 bridgehead atoms. The highest BCUT2D eigenvalue weighted by Gasteiger charge is 2.34. The Morgan fingerprint density at radius 1 is 1.16 bits per heavy atom. The molecule has 14 heteroatoms. The molecular weight excluding hydrogens is 543 g/mol. The van der Waals surface area contributed by atoms with Crippen LogP contribution in [-0.2, 0) is 40.6 Å². The second kappa shape index (κ2) is 10.2. The minimum Gasteiger partial charge on any atom is -0.338 e. The summed E-state index contributed by atoms with van der Waals surface area (Å²) in [6.07, 6.45) is -3.22. The van der Waals surface area contributed by atoms with E-state index in [2.05, 4.69) is 10.3 Å². The first-order chi connectivity index (χ1) is 17.5. The predicted molar refractivity (Wildman–Crippen MR) is 137 cm³/mol. The van der Waals surface area contributed by atoms with Gasteiger partial charge in [0, 0.05) is 49.2 Å². The number of carbonyl (C=O) groups excluding carboxylic acids is 2. The van der Waals surface area contributed by atoms with Crippen molar-refractivity contribution < 1.29 is 31.2 Å². The van der Waals surface area contributed by atoms with Crippen molar-refractivity contribution in [2.24, 2.45) is 10.6 Å². The second-order valence-corrected chi connectivity index (χ2v) is 13.7. The van der Waals surface area contributed by atoms with Crippen LogP contribution in [0.1, 0.15) is 65.0 Å². The summed E-state index contributed by atoms with van der Waals surface area (Å²) in [6, 6.07) is 2.73. The number of primary sulfonamides is 1. The number of thiophene rings is 1. The lowest BCUT2D eigenvalue weighted by molar-refractivity contribution is -0.137. The molecule has 1 fully saturated rings. The Morgan fingerprint density at radius 2 is 1.82 bits per heavy atom. The van der Waals surface area contributed by atoms with Crippen LogP contribution in [0.25, 0.3) is 0 Å². The number of nitrogens with one attached hydrogen (secondary N) is 1. The quantitative estimate of drug-likeness (QED) is 0.564. The molecule has 0 spiro atoms. The highest BCUT2D eigenvalue weighted by molar-refractivity contribution is 7.89. The molecule has 0 saturated carbocycles. The van der Waals surface area contributed by atoms with Crippen molar-refractivity contribution in [2.45, 2.75) is 64.7 Å². The van der Waals surface area contributed by atoms with Gasteiger partial charge in [0.05, 0.1) is 27.1 Å². The Bertz CT molecular complexity index is 1320. The minimum absolute atomic E-state index is 0.0220. The van der Waals surface area contributed by atoms with Crippen LogP contribution in [0.2, 0.25) is 0 Å². The number of amides is 2. The third kappa shape index (κ3) is 6.35. The average Bonchev–Trinajstić information content (AvgIpc) is 3.36. The maximum absolute atomic E-state index is 13.3. The molecule has 2 aliphatic rings. The first kappa shape index (κ1) is 28.5. The summed E-state index contributed by atoms with van der Waals surface area (Å²) >= 11 is 1.35. The zero-order valence-corrected chi connectivity index (χ0v) is 22.9. The van der Waals surface area contributed by atoms with Crippen molar-refractivity contribution in [1.82, 2.24) is 14.8 Å².